The highest BCUT2D eigenvalue weighted by Gasteiger charge is 2.32. The van der Waals surface area contributed by atoms with Crippen LogP contribution in [-0.2, 0) is 21.2 Å². The number of carbonyl (C=O) groups is 1. The first kappa shape index (κ1) is 20.1. The van der Waals surface area contributed by atoms with E-state index in [0.717, 1.165) is 0 Å². The van der Waals surface area contributed by atoms with Gasteiger partial charge in [0.25, 0.3) is 0 Å². The lowest BCUT2D eigenvalue weighted by Gasteiger charge is -2.34. The highest BCUT2D eigenvalue weighted by molar-refractivity contribution is 7.89. The average molecular weight is 431 g/mol. The Kier molecular flexibility index (Phi) is 6.05. The van der Waals surface area contributed by atoms with Gasteiger partial charge in [-0.25, -0.2) is 12.8 Å². The standard InChI is InChI=1S/C18H17Cl2FN2O3S/c19-15-2-1-3-16(20)18(15)27(25,26)23-10-8-22(9-11-23)17(24)12-13-4-6-14(21)7-5-13/h1-7H,8-12H2. The predicted molar refractivity (Wildman–Crippen MR) is 102 cm³/mol. The van der Waals surface area contributed by atoms with Crippen molar-refractivity contribution in [1.29, 1.82) is 0 Å². The summed E-state index contributed by atoms with van der Waals surface area (Å²) in [5, 5.41) is 0.134. The monoisotopic (exact) mass is 430 g/mol. The molecule has 1 amide bonds. The number of hydrogen-bond donors (Lipinski definition) is 0. The Balaban J connectivity index is 1.66. The molecule has 0 atom stereocenters. The Morgan fingerprint density at radius 1 is 0.963 bits per heavy atom. The summed E-state index contributed by atoms with van der Waals surface area (Å²) in [4.78, 5) is 13.9. The van der Waals surface area contributed by atoms with Crippen LogP contribution in [0, 0.1) is 5.82 Å². The van der Waals surface area contributed by atoms with Crippen LogP contribution in [0.2, 0.25) is 10.0 Å². The van der Waals surface area contributed by atoms with Crippen LogP contribution >= 0.6 is 23.2 Å². The Hall–Kier alpha value is -1.67. The molecule has 1 heterocycles. The first-order valence-corrected chi connectivity index (χ1v) is 10.4. The van der Waals surface area contributed by atoms with E-state index in [-0.39, 0.29) is 59.3 Å². The van der Waals surface area contributed by atoms with Gasteiger partial charge in [0, 0.05) is 26.2 Å². The first-order valence-electron chi connectivity index (χ1n) is 8.25. The topological polar surface area (TPSA) is 57.7 Å². The molecule has 1 fully saturated rings. The minimum Gasteiger partial charge on any atom is -0.340 e. The third-order valence-corrected chi connectivity index (χ3v) is 7.23. The van der Waals surface area contributed by atoms with Crippen molar-refractivity contribution < 1.29 is 17.6 Å². The highest BCUT2D eigenvalue weighted by atomic mass is 35.5. The summed E-state index contributed by atoms with van der Waals surface area (Å²) < 4.78 is 39.9. The van der Waals surface area contributed by atoms with E-state index in [1.54, 1.807) is 23.1 Å². The zero-order chi connectivity index (χ0) is 19.6. The van der Waals surface area contributed by atoms with E-state index in [1.165, 1.54) is 28.6 Å². The van der Waals surface area contributed by atoms with Crippen molar-refractivity contribution in [1.82, 2.24) is 9.21 Å². The van der Waals surface area contributed by atoms with Gasteiger partial charge in [0.1, 0.15) is 10.7 Å². The number of rotatable bonds is 4. The predicted octanol–water partition coefficient (Wildman–Crippen LogP) is 3.21. The van der Waals surface area contributed by atoms with Gasteiger partial charge in [-0.15, -0.1) is 0 Å². The van der Waals surface area contributed by atoms with E-state index in [0.29, 0.717) is 5.56 Å². The zero-order valence-electron chi connectivity index (χ0n) is 14.2. The number of amides is 1. The Morgan fingerprint density at radius 2 is 1.52 bits per heavy atom. The van der Waals surface area contributed by atoms with Crippen molar-refractivity contribution in [2.24, 2.45) is 0 Å². The van der Waals surface area contributed by atoms with Gasteiger partial charge in [0.15, 0.2) is 0 Å². The summed E-state index contributed by atoms with van der Waals surface area (Å²) in [6.07, 6.45) is 0.142. The van der Waals surface area contributed by atoms with Crippen molar-refractivity contribution in [3.05, 3.63) is 63.9 Å². The van der Waals surface area contributed by atoms with Gasteiger partial charge in [0.05, 0.1) is 16.5 Å². The molecule has 0 aliphatic carbocycles. The molecule has 0 aromatic heterocycles. The van der Waals surface area contributed by atoms with Gasteiger partial charge >= 0.3 is 0 Å². The van der Waals surface area contributed by atoms with Gasteiger partial charge in [-0.1, -0.05) is 41.4 Å². The van der Waals surface area contributed by atoms with Crippen LogP contribution in [-0.4, -0.2) is 49.7 Å². The lowest BCUT2D eigenvalue weighted by atomic mass is 10.1. The van der Waals surface area contributed by atoms with Crippen molar-refractivity contribution in [2.45, 2.75) is 11.3 Å². The van der Waals surface area contributed by atoms with Crippen LogP contribution in [0.5, 0.6) is 0 Å². The average Bonchev–Trinajstić information content (AvgIpc) is 2.63. The largest absolute Gasteiger partial charge is 0.340 e. The molecular weight excluding hydrogens is 414 g/mol. The molecule has 0 saturated carbocycles. The Labute approximate surface area is 167 Å². The molecular formula is C18H17Cl2FN2O3S. The molecule has 2 aromatic rings. The zero-order valence-corrected chi connectivity index (χ0v) is 16.6. The fourth-order valence-corrected chi connectivity index (χ4v) is 5.44. The second-order valence-electron chi connectivity index (χ2n) is 6.14. The summed E-state index contributed by atoms with van der Waals surface area (Å²) >= 11 is 12.1. The lowest BCUT2D eigenvalue weighted by Crippen LogP contribution is -2.50. The molecule has 1 aliphatic rings. The molecule has 3 rings (SSSR count). The number of piperazine rings is 1. The van der Waals surface area contributed by atoms with Crippen LogP contribution in [0.25, 0.3) is 0 Å². The second kappa shape index (κ2) is 8.14. The maximum atomic E-state index is 13.0. The van der Waals surface area contributed by atoms with E-state index < -0.39 is 10.0 Å². The minimum absolute atomic E-state index is 0.0670. The molecule has 1 aliphatic heterocycles. The lowest BCUT2D eigenvalue weighted by molar-refractivity contribution is -0.131. The Morgan fingerprint density at radius 3 is 2.07 bits per heavy atom. The fourth-order valence-electron chi connectivity index (χ4n) is 2.92. The number of hydrogen-bond acceptors (Lipinski definition) is 3. The molecule has 1 saturated heterocycles. The quantitative estimate of drug-likeness (QED) is 0.747. The summed E-state index contributed by atoms with van der Waals surface area (Å²) in [6.45, 7) is 0.834. The second-order valence-corrected chi connectivity index (χ2v) is 8.83. The van der Waals surface area contributed by atoms with E-state index in [9.17, 15) is 17.6 Å². The van der Waals surface area contributed by atoms with E-state index in [4.69, 9.17) is 23.2 Å². The molecule has 2 aromatic carbocycles. The van der Waals surface area contributed by atoms with E-state index in [1.807, 2.05) is 0 Å². The summed E-state index contributed by atoms with van der Waals surface area (Å²) in [5.41, 5.74) is 0.708. The number of benzene rings is 2. The molecule has 0 N–H and O–H groups in total. The maximum absolute atomic E-state index is 13.0. The summed E-state index contributed by atoms with van der Waals surface area (Å²) in [5.74, 6) is -0.488. The van der Waals surface area contributed by atoms with E-state index >= 15 is 0 Å². The van der Waals surface area contributed by atoms with Crippen LogP contribution < -0.4 is 0 Å². The first-order chi connectivity index (χ1) is 12.8. The minimum atomic E-state index is -3.85. The van der Waals surface area contributed by atoms with Gasteiger partial charge < -0.3 is 4.90 Å². The number of sulfonamides is 1. The maximum Gasteiger partial charge on any atom is 0.246 e. The number of nitrogens with zero attached hydrogens (tertiary/aromatic N) is 2. The van der Waals surface area contributed by atoms with Gasteiger partial charge in [0.2, 0.25) is 15.9 Å². The van der Waals surface area contributed by atoms with E-state index in [2.05, 4.69) is 0 Å². The SMILES string of the molecule is O=C(Cc1ccc(F)cc1)N1CCN(S(=O)(=O)c2c(Cl)cccc2Cl)CC1. The molecule has 0 radical (unpaired) electrons. The van der Waals surface area contributed by atoms with Gasteiger partial charge in [-0.3, -0.25) is 4.79 Å². The van der Waals surface area contributed by atoms with Crippen molar-refractivity contribution in [3.8, 4) is 0 Å². The smallest absolute Gasteiger partial charge is 0.246 e. The number of carbonyl (C=O) groups excluding carboxylic acids is 1. The molecule has 27 heavy (non-hydrogen) atoms. The van der Waals surface area contributed by atoms with Crippen LogP contribution in [0.1, 0.15) is 5.56 Å². The summed E-state index contributed by atoms with van der Waals surface area (Å²) in [7, 11) is -3.85. The molecule has 0 spiro atoms. The molecule has 0 bridgehead atoms. The molecule has 9 heteroatoms. The van der Waals surface area contributed by atoms with Crippen LogP contribution in [0.15, 0.2) is 47.4 Å². The highest BCUT2D eigenvalue weighted by Crippen LogP contribution is 2.31. The normalized spacial score (nSPS) is 15.7. The van der Waals surface area contributed by atoms with Crippen molar-refractivity contribution >= 4 is 39.1 Å². The van der Waals surface area contributed by atoms with Gasteiger partial charge in [-0.05, 0) is 29.8 Å². The van der Waals surface area contributed by atoms with Crippen LogP contribution in [0.3, 0.4) is 0 Å². The number of halogens is 3. The summed E-state index contributed by atoms with van der Waals surface area (Å²) in [6, 6.07) is 10.3. The van der Waals surface area contributed by atoms with Crippen molar-refractivity contribution in [2.75, 3.05) is 26.2 Å². The molecule has 144 valence electrons. The third kappa shape index (κ3) is 4.43. The third-order valence-electron chi connectivity index (χ3n) is 4.38. The fraction of sp³-hybridized carbons (Fsp3) is 0.278. The molecule has 5 nitrogen and oxygen atoms in total. The Bertz CT molecular complexity index is 923. The molecule has 0 unspecified atom stereocenters. The van der Waals surface area contributed by atoms with Crippen molar-refractivity contribution in [3.63, 3.8) is 0 Å². The van der Waals surface area contributed by atoms with Crippen LogP contribution in [0.4, 0.5) is 4.39 Å². The van der Waals surface area contributed by atoms with Gasteiger partial charge in [-0.2, -0.15) is 4.31 Å².